The zero-order valence-electron chi connectivity index (χ0n) is 14.9. The molecule has 0 aliphatic rings. The molecule has 0 radical (unpaired) electrons. The predicted octanol–water partition coefficient (Wildman–Crippen LogP) is 2.73. The molecule has 1 aromatic carbocycles. The summed E-state index contributed by atoms with van der Waals surface area (Å²) in [5, 5.41) is 7.18. The average molecular weight is 332 g/mol. The van der Waals surface area contributed by atoms with Crippen LogP contribution in [0.1, 0.15) is 42.5 Å². The molecular formula is C18H25FN4O. The van der Waals surface area contributed by atoms with Gasteiger partial charge in [0, 0.05) is 17.8 Å². The third kappa shape index (κ3) is 3.48. The van der Waals surface area contributed by atoms with Gasteiger partial charge in [-0.2, -0.15) is 5.10 Å². The Labute approximate surface area is 142 Å². The first-order valence-corrected chi connectivity index (χ1v) is 8.03. The highest BCUT2D eigenvalue weighted by atomic mass is 19.1. The number of aryl methyl sites for hydroxylation is 2. The Hall–Kier alpha value is -2.21. The summed E-state index contributed by atoms with van der Waals surface area (Å²) in [5.41, 5.74) is 7.47. The lowest BCUT2D eigenvalue weighted by Gasteiger charge is -2.33. The van der Waals surface area contributed by atoms with E-state index in [0.717, 1.165) is 11.4 Å². The van der Waals surface area contributed by atoms with Crippen LogP contribution in [0, 0.1) is 25.6 Å². The van der Waals surface area contributed by atoms with Crippen LogP contribution in [-0.2, 0) is 0 Å². The minimum atomic E-state index is -0.540. The minimum Gasteiger partial charge on any atom is -0.345 e. The van der Waals surface area contributed by atoms with Crippen molar-refractivity contribution in [1.29, 1.82) is 0 Å². The Morgan fingerprint density at radius 1 is 1.38 bits per heavy atom. The lowest BCUT2D eigenvalue weighted by molar-refractivity contribution is 0.0882. The molecule has 0 spiro atoms. The van der Waals surface area contributed by atoms with Gasteiger partial charge in [0.2, 0.25) is 0 Å². The van der Waals surface area contributed by atoms with E-state index in [-0.39, 0.29) is 17.4 Å². The molecule has 1 heterocycles. The van der Waals surface area contributed by atoms with Crippen LogP contribution >= 0.6 is 0 Å². The van der Waals surface area contributed by atoms with Crippen molar-refractivity contribution in [3.63, 3.8) is 0 Å². The predicted molar refractivity (Wildman–Crippen MR) is 92.8 cm³/mol. The summed E-state index contributed by atoms with van der Waals surface area (Å²) in [6.45, 7) is 9.87. The molecule has 1 atom stereocenters. The molecule has 0 aliphatic carbocycles. The number of amides is 1. The molecule has 130 valence electrons. The van der Waals surface area contributed by atoms with Crippen molar-refractivity contribution in [3.05, 3.63) is 47.0 Å². The summed E-state index contributed by atoms with van der Waals surface area (Å²) >= 11 is 0. The van der Waals surface area contributed by atoms with E-state index < -0.39 is 11.4 Å². The number of benzene rings is 1. The van der Waals surface area contributed by atoms with Gasteiger partial charge in [0.1, 0.15) is 11.5 Å². The van der Waals surface area contributed by atoms with E-state index in [1.54, 1.807) is 12.1 Å². The molecule has 24 heavy (non-hydrogen) atoms. The van der Waals surface area contributed by atoms with Crippen LogP contribution in [-0.4, -0.2) is 27.8 Å². The lowest BCUT2D eigenvalue weighted by atomic mass is 9.88. The molecule has 5 nitrogen and oxygen atoms in total. The maximum atomic E-state index is 14.5. The first-order chi connectivity index (χ1) is 11.2. The third-order valence-corrected chi connectivity index (χ3v) is 4.55. The monoisotopic (exact) mass is 332 g/mol. The highest BCUT2D eigenvalue weighted by molar-refractivity contribution is 5.95. The average Bonchev–Trinajstić information content (AvgIpc) is 2.85. The number of nitrogens with one attached hydrogen (secondary N) is 1. The van der Waals surface area contributed by atoms with E-state index in [4.69, 9.17) is 5.73 Å². The molecule has 1 aromatic heterocycles. The van der Waals surface area contributed by atoms with E-state index in [0.29, 0.717) is 12.2 Å². The van der Waals surface area contributed by atoms with Gasteiger partial charge in [-0.05, 0) is 51.0 Å². The van der Waals surface area contributed by atoms with Crippen molar-refractivity contribution in [2.75, 3.05) is 6.54 Å². The van der Waals surface area contributed by atoms with Crippen molar-refractivity contribution in [2.24, 2.45) is 11.7 Å². The molecule has 6 heteroatoms. The van der Waals surface area contributed by atoms with E-state index in [1.165, 1.54) is 10.7 Å². The summed E-state index contributed by atoms with van der Waals surface area (Å²) < 4.78 is 16.0. The lowest BCUT2D eigenvalue weighted by Crippen LogP contribution is -2.55. The Balaban J connectivity index is 2.29. The minimum absolute atomic E-state index is 0.158. The zero-order valence-corrected chi connectivity index (χ0v) is 14.9. The van der Waals surface area contributed by atoms with E-state index in [2.05, 4.69) is 10.4 Å². The van der Waals surface area contributed by atoms with E-state index in [9.17, 15) is 9.18 Å². The van der Waals surface area contributed by atoms with Gasteiger partial charge in [0.05, 0.1) is 11.2 Å². The Morgan fingerprint density at radius 3 is 2.50 bits per heavy atom. The smallest absolute Gasteiger partial charge is 0.251 e. The Bertz CT molecular complexity index is 753. The van der Waals surface area contributed by atoms with Gasteiger partial charge >= 0.3 is 0 Å². The van der Waals surface area contributed by atoms with Gasteiger partial charge in [-0.1, -0.05) is 13.8 Å². The number of nitrogens with two attached hydrogens (primary N) is 1. The fourth-order valence-corrected chi connectivity index (χ4v) is 2.46. The SMILES string of the molecule is Cc1cc(C)n(-c2ccc(C(=O)NC(C)(CN)C(C)C)cc2F)n1. The van der Waals surface area contributed by atoms with Crippen molar-refractivity contribution in [1.82, 2.24) is 15.1 Å². The van der Waals surface area contributed by atoms with Gasteiger partial charge in [-0.25, -0.2) is 9.07 Å². The summed E-state index contributed by atoms with van der Waals surface area (Å²) in [6.07, 6.45) is 0. The molecule has 3 N–H and O–H groups in total. The van der Waals surface area contributed by atoms with Gasteiger partial charge < -0.3 is 11.1 Å². The highest BCUT2D eigenvalue weighted by Gasteiger charge is 2.29. The largest absolute Gasteiger partial charge is 0.345 e. The molecule has 0 saturated carbocycles. The fourth-order valence-electron chi connectivity index (χ4n) is 2.46. The number of carbonyl (C=O) groups is 1. The normalized spacial score (nSPS) is 13.8. The Kier molecular flexibility index (Phi) is 5.08. The van der Waals surface area contributed by atoms with E-state index in [1.807, 2.05) is 40.7 Å². The van der Waals surface area contributed by atoms with Crippen LogP contribution in [0.3, 0.4) is 0 Å². The summed E-state index contributed by atoms with van der Waals surface area (Å²) in [7, 11) is 0. The van der Waals surface area contributed by atoms with Crippen LogP contribution in [0.15, 0.2) is 24.3 Å². The van der Waals surface area contributed by atoms with Crippen molar-refractivity contribution < 1.29 is 9.18 Å². The number of rotatable bonds is 5. The maximum absolute atomic E-state index is 14.5. The number of halogens is 1. The summed E-state index contributed by atoms with van der Waals surface area (Å²) in [6, 6.07) is 6.27. The summed E-state index contributed by atoms with van der Waals surface area (Å²) in [4.78, 5) is 12.4. The van der Waals surface area contributed by atoms with Crippen LogP contribution in [0.2, 0.25) is 0 Å². The third-order valence-electron chi connectivity index (χ3n) is 4.55. The topological polar surface area (TPSA) is 72.9 Å². The van der Waals surface area contributed by atoms with Gasteiger partial charge in [0.15, 0.2) is 0 Å². The van der Waals surface area contributed by atoms with Gasteiger partial charge in [0.25, 0.3) is 5.91 Å². The maximum Gasteiger partial charge on any atom is 0.251 e. The summed E-state index contributed by atoms with van der Waals surface area (Å²) in [5.74, 6) is -0.673. The number of nitrogens with zero attached hydrogens (tertiary/aromatic N) is 2. The Morgan fingerprint density at radius 2 is 2.04 bits per heavy atom. The van der Waals surface area contributed by atoms with Crippen molar-refractivity contribution >= 4 is 5.91 Å². The first kappa shape index (κ1) is 18.1. The fraction of sp³-hybridized carbons (Fsp3) is 0.444. The second kappa shape index (κ2) is 6.73. The number of hydrogen-bond acceptors (Lipinski definition) is 3. The van der Waals surface area contributed by atoms with Crippen LogP contribution in [0.4, 0.5) is 4.39 Å². The molecule has 0 saturated heterocycles. The molecule has 1 amide bonds. The van der Waals surface area contributed by atoms with Gasteiger partial charge in [-0.3, -0.25) is 4.79 Å². The van der Waals surface area contributed by atoms with Crippen molar-refractivity contribution in [2.45, 2.75) is 40.2 Å². The van der Waals surface area contributed by atoms with Crippen LogP contribution < -0.4 is 11.1 Å². The molecule has 2 aromatic rings. The van der Waals surface area contributed by atoms with Gasteiger partial charge in [-0.15, -0.1) is 0 Å². The molecule has 1 unspecified atom stereocenters. The molecular weight excluding hydrogens is 307 g/mol. The van der Waals surface area contributed by atoms with Crippen LogP contribution in [0.25, 0.3) is 5.69 Å². The highest BCUT2D eigenvalue weighted by Crippen LogP contribution is 2.19. The number of hydrogen-bond donors (Lipinski definition) is 2. The number of aromatic nitrogens is 2. The number of carbonyl (C=O) groups excluding carboxylic acids is 1. The quantitative estimate of drug-likeness (QED) is 0.884. The van der Waals surface area contributed by atoms with Crippen LogP contribution in [0.5, 0.6) is 0 Å². The molecule has 2 rings (SSSR count). The first-order valence-electron chi connectivity index (χ1n) is 8.03. The molecule has 0 bridgehead atoms. The second-order valence-electron chi connectivity index (χ2n) is 6.74. The molecule has 0 aliphatic heterocycles. The second-order valence-corrected chi connectivity index (χ2v) is 6.74. The van der Waals surface area contributed by atoms with E-state index >= 15 is 0 Å². The molecule has 0 fully saturated rings. The zero-order chi connectivity index (χ0) is 18.1. The van der Waals surface area contributed by atoms with Crippen molar-refractivity contribution in [3.8, 4) is 5.69 Å². The standard InChI is InChI=1S/C18H25FN4O/c1-11(2)18(5,10-20)21-17(24)14-6-7-16(15(19)9-14)23-13(4)8-12(3)22-23/h6-9,11H,10,20H2,1-5H3,(H,21,24).